The van der Waals surface area contributed by atoms with Gasteiger partial charge < -0.3 is 9.84 Å². The molecule has 0 unspecified atom stereocenters. The summed E-state index contributed by atoms with van der Waals surface area (Å²) in [5, 5.41) is 9.38. The maximum absolute atomic E-state index is 13.0. The van der Waals surface area contributed by atoms with Gasteiger partial charge in [0.2, 0.25) is 0 Å². The number of benzene rings is 1. The fourth-order valence-corrected chi connectivity index (χ4v) is 2.04. The molecule has 3 heteroatoms. The summed E-state index contributed by atoms with van der Waals surface area (Å²) < 4.78 is 18.8. The molecule has 0 bridgehead atoms. The molecule has 2 nitrogen and oxygen atoms in total. The van der Waals surface area contributed by atoms with Crippen molar-refractivity contribution >= 4 is 0 Å². The lowest BCUT2D eigenvalue weighted by atomic mass is 9.95. The van der Waals surface area contributed by atoms with Crippen LogP contribution in [0.2, 0.25) is 0 Å². The second-order valence-electron chi connectivity index (χ2n) is 4.46. The molecule has 0 saturated heterocycles. The van der Waals surface area contributed by atoms with E-state index in [0.29, 0.717) is 5.75 Å². The van der Waals surface area contributed by atoms with E-state index in [-0.39, 0.29) is 18.0 Å². The molecule has 1 aliphatic carbocycles. The van der Waals surface area contributed by atoms with Gasteiger partial charge in [-0.3, -0.25) is 0 Å². The monoisotopic (exact) mass is 224 g/mol. The Bertz CT molecular complexity index is 357. The van der Waals surface area contributed by atoms with E-state index in [1.165, 1.54) is 12.1 Å². The van der Waals surface area contributed by atoms with Crippen molar-refractivity contribution in [3.63, 3.8) is 0 Å². The Hall–Kier alpha value is -1.09. The van der Waals surface area contributed by atoms with Crippen molar-refractivity contribution in [3.05, 3.63) is 29.6 Å². The summed E-state index contributed by atoms with van der Waals surface area (Å²) in [5.41, 5.74) is 0.951. The van der Waals surface area contributed by atoms with Crippen molar-refractivity contribution in [1.82, 2.24) is 0 Å². The first-order valence-electron chi connectivity index (χ1n) is 5.76. The standard InChI is InChI=1S/C13H17FO2/c1-9-2-3-10(14)8-13(9)16-12-6-4-11(15)5-7-12/h2-3,8,11-12,15H,4-7H2,1H3/t11-,12+. The van der Waals surface area contributed by atoms with Crippen LogP contribution < -0.4 is 4.74 Å². The van der Waals surface area contributed by atoms with Gasteiger partial charge in [0.05, 0.1) is 12.2 Å². The largest absolute Gasteiger partial charge is 0.490 e. The minimum atomic E-state index is -0.267. The molecule has 1 fully saturated rings. The molecule has 2 rings (SSSR count). The molecule has 88 valence electrons. The smallest absolute Gasteiger partial charge is 0.126 e. The third-order valence-electron chi connectivity index (χ3n) is 3.09. The zero-order valence-electron chi connectivity index (χ0n) is 9.45. The van der Waals surface area contributed by atoms with Gasteiger partial charge in [-0.25, -0.2) is 4.39 Å². The van der Waals surface area contributed by atoms with Crippen molar-refractivity contribution in [2.45, 2.75) is 44.8 Å². The molecule has 0 amide bonds. The second kappa shape index (κ2) is 4.83. The molecule has 0 radical (unpaired) electrons. The van der Waals surface area contributed by atoms with Crippen LogP contribution in [0.1, 0.15) is 31.2 Å². The van der Waals surface area contributed by atoms with Crippen LogP contribution in [0.25, 0.3) is 0 Å². The number of aryl methyl sites for hydroxylation is 1. The zero-order chi connectivity index (χ0) is 11.5. The summed E-state index contributed by atoms with van der Waals surface area (Å²) in [6.45, 7) is 1.91. The van der Waals surface area contributed by atoms with Gasteiger partial charge in [-0.1, -0.05) is 6.07 Å². The Morgan fingerprint density at radius 3 is 2.62 bits per heavy atom. The Labute approximate surface area is 95.1 Å². The highest BCUT2D eigenvalue weighted by atomic mass is 19.1. The van der Waals surface area contributed by atoms with Gasteiger partial charge in [0, 0.05) is 6.07 Å². The molecule has 1 N–H and O–H groups in total. The zero-order valence-corrected chi connectivity index (χ0v) is 9.45. The molecule has 0 heterocycles. The topological polar surface area (TPSA) is 29.5 Å². The molecule has 0 aromatic heterocycles. The maximum Gasteiger partial charge on any atom is 0.126 e. The van der Waals surface area contributed by atoms with Crippen molar-refractivity contribution < 1.29 is 14.2 Å². The van der Waals surface area contributed by atoms with Crippen LogP contribution in [0, 0.1) is 12.7 Å². The van der Waals surface area contributed by atoms with Gasteiger partial charge in [-0.15, -0.1) is 0 Å². The summed E-state index contributed by atoms with van der Waals surface area (Å²) in [6, 6.07) is 4.59. The minimum Gasteiger partial charge on any atom is -0.490 e. The molecule has 1 aromatic carbocycles. The summed E-state index contributed by atoms with van der Waals surface area (Å²) >= 11 is 0. The lowest BCUT2D eigenvalue weighted by Gasteiger charge is -2.26. The summed E-state index contributed by atoms with van der Waals surface area (Å²) in [7, 11) is 0. The van der Waals surface area contributed by atoms with Gasteiger partial charge >= 0.3 is 0 Å². The van der Waals surface area contributed by atoms with E-state index in [2.05, 4.69) is 0 Å². The predicted molar refractivity (Wildman–Crippen MR) is 60.0 cm³/mol. The van der Waals surface area contributed by atoms with Crippen molar-refractivity contribution in [3.8, 4) is 5.75 Å². The quantitative estimate of drug-likeness (QED) is 0.837. The lowest BCUT2D eigenvalue weighted by Crippen LogP contribution is -2.26. The SMILES string of the molecule is Cc1ccc(F)cc1O[C@H]1CC[C@@H](O)CC1. The average molecular weight is 224 g/mol. The predicted octanol–water partition coefficient (Wildman–Crippen LogP) is 2.82. The molecule has 0 spiro atoms. The lowest BCUT2D eigenvalue weighted by molar-refractivity contribution is 0.0661. The van der Waals surface area contributed by atoms with E-state index < -0.39 is 0 Å². The van der Waals surface area contributed by atoms with Crippen LogP contribution in [0.15, 0.2) is 18.2 Å². The number of aliphatic hydroxyl groups excluding tert-OH is 1. The molecular weight excluding hydrogens is 207 g/mol. The molecular formula is C13H17FO2. The minimum absolute atomic E-state index is 0.115. The molecule has 1 saturated carbocycles. The van der Waals surface area contributed by atoms with Crippen LogP contribution in [0.4, 0.5) is 4.39 Å². The third-order valence-corrected chi connectivity index (χ3v) is 3.09. The Morgan fingerprint density at radius 2 is 1.94 bits per heavy atom. The normalized spacial score (nSPS) is 25.4. The molecule has 0 atom stereocenters. The first kappa shape index (κ1) is 11.4. The number of ether oxygens (including phenoxy) is 1. The number of hydrogen-bond acceptors (Lipinski definition) is 2. The second-order valence-corrected chi connectivity index (χ2v) is 4.46. The van der Waals surface area contributed by atoms with E-state index in [1.807, 2.05) is 6.92 Å². The van der Waals surface area contributed by atoms with Gasteiger partial charge in [-0.05, 0) is 44.2 Å². The Kier molecular flexibility index (Phi) is 3.44. The maximum atomic E-state index is 13.0. The van der Waals surface area contributed by atoms with Crippen LogP contribution in [-0.4, -0.2) is 17.3 Å². The number of hydrogen-bond donors (Lipinski definition) is 1. The van der Waals surface area contributed by atoms with Crippen molar-refractivity contribution in [1.29, 1.82) is 0 Å². The Balaban J connectivity index is 2.00. The van der Waals surface area contributed by atoms with Crippen LogP contribution in [0.5, 0.6) is 5.75 Å². The highest BCUT2D eigenvalue weighted by molar-refractivity contribution is 5.32. The van der Waals surface area contributed by atoms with Crippen molar-refractivity contribution in [2.24, 2.45) is 0 Å². The summed E-state index contributed by atoms with van der Waals surface area (Å²) in [5.74, 6) is 0.359. The first-order valence-corrected chi connectivity index (χ1v) is 5.76. The van der Waals surface area contributed by atoms with Crippen LogP contribution in [-0.2, 0) is 0 Å². The number of halogens is 1. The third kappa shape index (κ3) is 2.73. The molecule has 1 aromatic rings. The van der Waals surface area contributed by atoms with Gasteiger partial charge in [-0.2, -0.15) is 0 Å². The highest BCUT2D eigenvalue weighted by Gasteiger charge is 2.21. The van der Waals surface area contributed by atoms with Gasteiger partial charge in [0.1, 0.15) is 11.6 Å². The highest BCUT2D eigenvalue weighted by Crippen LogP contribution is 2.26. The first-order chi connectivity index (χ1) is 7.65. The molecule has 0 aliphatic heterocycles. The van der Waals surface area contributed by atoms with E-state index in [9.17, 15) is 9.50 Å². The average Bonchev–Trinajstić information content (AvgIpc) is 2.27. The van der Waals surface area contributed by atoms with E-state index in [4.69, 9.17) is 4.74 Å². The van der Waals surface area contributed by atoms with E-state index in [1.54, 1.807) is 6.07 Å². The van der Waals surface area contributed by atoms with Crippen LogP contribution >= 0.6 is 0 Å². The van der Waals surface area contributed by atoms with Gasteiger partial charge in [0.25, 0.3) is 0 Å². The van der Waals surface area contributed by atoms with Crippen LogP contribution in [0.3, 0.4) is 0 Å². The fourth-order valence-electron chi connectivity index (χ4n) is 2.04. The summed E-state index contributed by atoms with van der Waals surface area (Å²) in [4.78, 5) is 0. The number of aliphatic hydroxyl groups is 1. The van der Waals surface area contributed by atoms with Gasteiger partial charge in [0.15, 0.2) is 0 Å². The van der Waals surface area contributed by atoms with E-state index in [0.717, 1.165) is 31.2 Å². The number of rotatable bonds is 2. The fraction of sp³-hybridized carbons (Fsp3) is 0.538. The van der Waals surface area contributed by atoms with E-state index >= 15 is 0 Å². The van der Waals surface area contributed by atoms with Crippen molar-refractivity contribution in [2.75, 3.05) is 0 Å². The Morgan fingerprint density at radius 1 is 1.25 bits per heavy atom. The summed E-state index contributed by atoms with van der Waals surface area (Å²) in [6.07, 6.45) is 3.17. The molecule has 16 heavy (non-hydrogen) atoms. The molecule has 1 aliphatic rings.